The highest BCUT2D eigenvalue weighted by Crippen LogP contribution is 2.31. The zero-order valence-electron chi connectivity index (χ0n) is 11.8. The number of nitrogens with zero attached hydrogens (tertiary/aromatic N) is 2. The van der Waals surface area contributed by atoms with Crippen LogP contribution in [-0.4, -0.2) is 29.3 Å². The Hall–Kier alpha value is -2.01. The normalized spacial score (nSPS) is 10.5. The summed E-state index contributed by atoms with van der Waals surface area (Å²) < 4.78 is 13.5. The van der Waals surface area contributed by atoms with E-state index in [4.69, 9.17) is 15.2 Å². The lowest BCUT2D eigenvalue weighted by Crippen LogP contribution is -2.11. The first-order valence-electron chi connectivity index (χ1n) is 6.88. The monoisotopic (exact) mass is 275 g/mol. The Balaban J connectivity index is 2.06. The molecule has 0 spiro atoms. The lowest BCUT2D eigenvalue weighted by atomic mass is 10.1. The summed E-state index contributed by atoms with van der Waals surface area (Å²) in [7, 11) is 0. The predicted octanol–water partition coefficient (Wildman–Crippen LogP) is 1.86. The molecule has 0 unspecified atom stereocenters. The van der Waals surface area contributed by atoms with Gasteiger partial charge in [-0.3, -0.25) is 0 Å². The van der Waals surface area contributed by atoms with Crippen LogP contribution in [0.15, 0.2) is 36.9 Å². The van der Waals surface area contributed by atoms with Gasteiger partial charge in [-0.2, -0.15) is 0 Å². The minimum Gasteiger partial charge on any atom is -0.490 e. The van der Waals surface area contributed by atoms with Crippen molar-refractivity contribution in [3.63, 3.8) is 0 Å². The number of ether oxygens (including phenoxy) is 2. The molecule has 20 heavy (non-hydrogen) atoms. The second-order valence-corrected chi connectivity index (χ2v) is 4.37. The van der Waals surface area contributed by atoms with Gasteiger partial charge >= 0.3 is 0 Å². The van der Waals surface area contributed by atoms with Crippen LogP contribution in [0.25, 0.3) is 0 Å². The molecule has 1 heterocycles. The van der Waals surface area contributed by atoms with Gasteiger partial charge in [-0.05, 0) is 31.5 Å². The Morgan fingerprint density at radius 3 is 2.90 bits per heavy atom. The second kappa shape index (κ2) is 7.55. The summed E-state index contributed by atoms with van der Waals surface area (Å²) in [6, 6.07) is 5.93. The molecule has 0 amide bonds. The maximum absolute atomic E-state index is 5.92. The van der Waals surface area contributed by atoms with Gasteiger partial charge in [0.2, 0.25) is 0 Å². The van der Waals surface area contributed by atoms with E-state index >= 15 is 0 Å². The van der Waals surface area contributed by atoms with Gasteiger partial charge in [0.15, 0.2) is 11.5 Å². The Morgan fingerprint density at radius 2 is 2.20 bits per heavy atom. The molecule has 1 aromatic carbocycles. The molecule has 0 aliphatic carbocycles. The van der Waals surface area contributed by atoms with Crippen molar-refractivity contribution in [1.82, 2.24) is 9.55 Å². The first-order chi connectivity index (χ1) is 9.85. The van der Waals surface area contributed by atoms with Gasteiger partial charge in [0.25, 0.3) is 0 Å². The second-order valence-electron chi connectivity index (χ2n) is 4.37. The fourth-order valence-corrected chi connectivity index (χ4v) is 2.02. The maximum atomic E-state index is 5.92. The molecular formula is C15H21N3O2. The Kier molecular flexibility index (Phi) is 5.43. The molecule has 108 valence electrons. The average Bonchev–Trinajstić information content (AvgIpc) is 2.95. The van der Waals surface area contributed by atoms with Crippen molar-refractivity contribution in [2.24, 2.45) is 5.73 Å². The molecule has 5 nitrogen and oxygen atoms in total. The van der Waals surface area contributed by atoms with E-state index in [9.17, 15) is 0 Å². The summed E-state index contributed by atoms with van der Waals surface area (Å²) in [5, 5.41) is 0. The minimum atomic E-state index is 0.567. The Morgan fingerprint density at radius 1 is 1.30 bits per heavy atom. The van der Waals surface area contributed by atoms with E-state index in [0.29, 0.717) is 19.8 Å². The molecule has 1 aromatic heterocycles. The maximum Gasteiger partial charge on any atom is 0.164 e. The summed E-state index contributed by atoms with van der Waals surface area (Å²) in [5.41, 5.74) is 6.74. The zero-order chi connectivity index (χ0) is 14.2. The number of nitrogens with two attached hydrogens (primary N) is 1. The van der Waals surface area contributed by atoms with Crippen molar-refractivity contribution in [1.29, 1.82) is 0 Å². The topological polar surface area (TPSA) is 62.3 Å². The molecule has 0 aliphatic heterocycles. The van der Waals surface area contributed by atoms with Crippen molar-refractivity contribution < 1.29 is 9.47 Å². The van der Waals surface area contributed by atoms with Gasteiger partial charge in [-0.15, -0.1) is 0 Å². The Labute approximate surface area is 119 Å². The summed E-state index contributed by atoms with van der Waals surface area (Å²) in [5.74, 6) is 1.59. The van der Waals surface area contributed by atoms with Gasteiger partial charge in [0.1, 0.15) is 6.61 Å². The highest BCUT2D eigenvalue weighted by atomic mass is 16.5. The summed E-state index contributed by atoms with van der Waals surface area (Å²) in [6.45, 7) is 4.49. The van der Waals surface area contributed by atoms with E-state index in [2.05, 4.69) is 4.98 Å². The molecule has 0 radical (unpaired) electrons. The predicted molar refractivity (Wildman–Crippen MR) is 78.1 cm³/mol. The van der Waals surface area contributed by atoms with Crippen molar-refractivity contribution in [3.05, 3.63) is 42.5 Å². The summed E-state index contributed by atoms with van der Waals surface area (Å²) in [6.07, 6.45) is 6.23. The van der Waals surface area contributed by atoms with Gasteiger partial charge in [0, 0.05) is 12.4 Å². The molecule has 2 rings (SSSR count). The molecular weight excluding hydrogens is 254 g/mol. The van der Waals surface area contributed by atoms with Crippen LogP contribution in [0.5, 0.6) is 11.5 Å². The first-order valence-corrected chi connectivity index (χ1v) is 6.88. The average molecular weight is 275 g/mol. The molecule has 0 aliphatic rings. The van der Waals surface area contributed by atoms with Crippen LogP contribution >= 0.6 is 0 Å². The summed E-state index contributed by atoms with van der Waals surface area (Å²) in [4.78, 5) is 4.01. The van der Waals surface area contributed by atoms with Crippen molar-refractivity contribution in [2.75, 3.05) is 19.8 Å². The number of imidazole rings is 1. The van der Waals surface area contributed by atoms with E-state index in [-0.39, 0.29) is 0 Å². The number of rotatable bonds is 8. The van der Waals surface area contributed by atoms with Crippen LogP contribution in [0.1, 0.15) is 12.5 Å². The Bertz CT molecular complexity index is 488. The summed E-state index contributed by atoms with van der Waals surface area (Å²) >= 11 is 0. The highest BCUT2D eigenvalue weighted by molar-refractivity contribution is 5.46. The van der Waals surface area contributed by atoms with Crippen LogP contribution in [0, 0.1) is 0 Å². The smallest absolute Gasteiger partial charge is 0.164 e. The molecule has 0 saturated carbocycles. The number of hydrogen-bond acceptors (Lipinski definition) is 4. The minimum absolute atomic E-state index is 0.567. The molecule has 5 heteroatoms. The van der Waals surface area contributed by atoms with Crippen LogP contribution in [-0.2, 0) is 13.0 Å². The third-order valence-electron chi connectivity index (χ3n) is 2.93. The largest absolute Gasteiger partial charge is 0.490 e. The van der Waals surface area contributed by atoms with Gasteiger partial charge in [0.05, 0.1) is 19.5 Å². The number of aromatic nitrogens is 2. The van der Waals surface area contributed by atoms with E-state index in [1.807, 2.05) is 35.9 Å². The van der Waals surface area contributed by atoms with E-state index in [1.165, 1.54) is 0 Å². The zero-order valence-corrected chi connectivity index (χ0v) is 11.8. The molecule has 0 saturated heterocycles. The lowest BCUT2D eigenvalue weighted by Gasteiger charge is -2.15. The van der Waals surface area contributed by atoms with Crippen molar-refractivity contribution in [2.45, 2.75) is 19.9 Å². The quantitative estimate of drug-likeness (QED) is 0.799. The van der Waals surface area contributed by atoms with Crippen LogP contribution in [0.3, 0.4) is 0 Å². The third-order valence-corrected chi connectivity index (χ3v) is 2.93. The van der Waals surface area contributed by atoms with Crippen LogP contribution in [0.2, 0.25) is 0 Å². The SMILES string of the molecule is CCOc1cccc(CCN)c1OCCn1ccnc1. The molecule has 2 N–H and O–H groups in total. The van der Waals surface area contributed by atoms with E-state index in [0.717, 1.165) is 30.0 Å². The van der Waals surface area contributed by atoms with Gasteiger partial charge in [-0.1, -0.05) is 12.1 Å². The molecule has 0 bridgehead atoms. The molecule has 0 atom stereocenters. The number of para-hydroxylation sites is 1. The van der Waals surface area contributed by atoms with Crippen molar-refractivity contribution in [3.8, 4) is 11.5 Å². The third kappa shape index (κ3) is 3.74. The number of hydrogen-bond donors (Lipinski definition) is 1. The van der Waals surface area contributed by atoms with Gasteiger partial charge < -0.3 is 19.8 Å². The van der Waals surface area contributed by atoms with E-state index < -0.39 is 0 Å². The van der Waals surface area contributed by atoms with Crippen molar-refractivity contribution >= 4 is 0 Å². The molecule has 2 aromatic rings. The highest BCUT2D eigenvalue weighted by Gasteiger charge is 2.10. The fraction of sp³-hybridized carbons (Fsp3) is 0.400. The fourth-order valence-electron chi connectivity index (χ4n) is 2.02. The lowest BCUT2D eigenvalue weighted by molar-refractivity contribution is 0.264. The van der Waals surface area contributed by atoms with Crippen LogP contribution < -0.4 is 15.2 Å². The van der Waals surface area contributed by atoms with Gasteiger partial charge in [-0.25, -0.2) is 4.98 Å². The van der Waals surface area contributed by atoms with E-state index in [1.54, 1.807) is 12.5 Å². The standard InChI is InChI=1S/C15H21N3O2/c1-2-19-14-5-3-4-13(6-7-16)15(14)20-11-10-18-9-8-17-12-18/h3-5,8-9,12H,2,6-7,10-11,16H2,1H3. The number of benzene rings is 1. The first kappa shape index (κ1) is 14.4. The van der Waals surface area contributed by atoms with Crippen LogP contribution in [0.4, 0.5) is 0 Å². The molecule has 0 fully saturated rings.